The monoisotopic (exact) mass is 200 g/mol. The lowest BCUT2D eigenvalue weighted by Crippen LogP contribution is -1.95. The molecule has 0 aliphatic heterocycles. The van der Waals surface area contributed by atoms with E-state index in [1.54, 1.807) is 0 Å². The molecule has 1 atom stereocenters. The Balaban J connectivity index is 2.49. The first-order valence-corrected chi connectivity index (χ1v) is 5.82. The van der Waals surface area contributed by atoms with Gasteiger partial charge in [0.1, 0.15) is 0 Å². The molecule has 0 fully saturated rings. The predicted molar refractivity (Wildman–Crippen MR) is 51.8 cm³/mol. The predicted octanol–water partition coefficient (Wildman–Crippen LogP) is 2.06. The summed E-state index contributed by atoms with van der Waals surface area (Å²) in [5.41, 5.74) is 1.05. The molecule has 0 radical (unpaired) electrons. The quantitative estimate of drug-likeness (QED) is 0.756. The molecule has 0 aromatic heterocycles. The summed E-state index contributed by atoms with van der Waals surface area (Å²) >= 11 is 0. The van der Waals surface area contributed by atoms with Crippen LogP contribution in [0.4, 0.5) is 0 Å². The van der Waals surface area contributed by atoms with Crippen molar-refractivity contribution in [1.82, 2.24) is 0 Å². The first-order valence-electron chi connectivity index (χ1n) is 4.05. The molecule has 0 amide bonds. The van der Waals surface area contributed by atoms with E-state index < -0.39 is 7.60 Å². The largest absolute Gasteiger partial charge is 0.328 e. The van der Waals surface area contributed by atoms with Gasteiger partial charge in [-0.25, -0.2) is 0 Å². The van der Waals surface area contributed by atoms with E-state index in [0.717, 1.165) is 5.56 Å². The molecular formula is C9H13O3P. The van der Waals surface area contributed by atoms with Gasteiger partial charge >= 0.3 is 7.60 Å². The van der Waals surface area contributed by atoms with E-state index in [1.807, 2.05) is 30.3 Å². The molecule has 0 saturated carbocycles. The van der Waals surface area contributed by atoms with Crippen LogP contribution in [0.2, 0.25) is 0 Å². The van der Waals surface area contributed by atoms with Crippen molar-refractivity contribution in [2.24, 2.45) is 0 Å². The molecule has 0 aliphatic rings. The number of rotatable bonds is 4. The Morgan fingerprint density at radius 3 is 2.54 bits per heavy atom. The SMILES string of the molecule is COP(=O)(O)CCc1ccccc1. The topological polar surface area (TPSA) is 46.5 Å². The van der Waals surface area contributed by atoms with Crippen molar-refractivity contribution in [2.45, 2.75) is 6.42 Å². The molecule has 13 heavy (non-hydrogen) atoms. The summed E-state index contributed by atoms with van der Waals surface area (Å²) < 4.78 is 15.6. The Hall–Kier alpha value is -0.630. The lowest BCUT2D eigenvalue weighted by Gasteiger charge is -2.07. The smallest absolute Gasteiger partial charge is 0.324 e. The molecule has 1 unspecified atom stereocenters. The van der Waals surface area contributed by atoms with Crippen molar-refractivity contribution in [3.8, 4) is 0 Å². The maximum atomic E-state index is 11.1. The van der Waals surface area contributed by atoms with E-state index in [2.05, 4.69) is 4.52 Å². The van der Waals surface area contributed by atoms with Crippen LogP contribution in [0.5, 0.6) is 0 Å². The second kappa shape index (κ2) is 4.56. The number of benzene rings is 1. The van der Waals surface area contributed by atoms with E-state index in [-0.39, 0.29) is 6.16 Å². The van der Waals surface area contributed by atoms with Gasteiger partial charge in [-0.1, -0.05) is 30.3 Å². The zero-order valence-electron chi connectivity index (χ0n) is 7.51. The van der Waals surface area contributed by atoms with E-state index >= 15 is 0 Å². The van der Waals surface area contributed by atoms with Crippen LogP contribution in [0.1, 0.15) is 5.56 Å². The minimum Gasteiger partial charge on any atom is -0.324 e. The average molecular weight is 200 g/mol. The Labute approximate surface area is 77.9 Å². The normalized spacial score (nSPS) is 15.2. The molecule has 1 rings (SSSR count). The summed E-state index contributed by atoms with van der Waals surface area (Å²) in [7, 11) is -2.08. The molecule has 0 bridgehead atoms. The molecule has 72 valence electrons. The van der Waals surface area contributed by atoms with Crippen LogP contribution >= 0.6 is 7.60 Å². The highest BCUT2D eigenvalue weighted by Gasteiger charge is 2.15. The molecule has 0 aliphatic carbocycles. The molecule has 1 aromatic rings. The number of hydrogen-bond acceptors (Lipinski definition) is 2. The number of hydrogen-bond donors (Lipinski definition) is 1. The van der Waals surface area contributed by atoms with Gasteiger partial charge in [0.25, 0.3) is 0 Å². The maximum Gasteiger partial charge on any atom is 0.328 e. The molecule has 0 heterocycles. The van der Waals surface area contributed by atoms with Crippen molar-refractivity contribution in [1.29, 1.82) is 0 Å². The highest BCUT2D eigenvalue weighted by molar-refractivity contribution is 7.52. The first-order chi connectivity index (χ1) is 6.14. The summed E-state index contributed by atoms with van der Waals surface area (Å²) in [4.78, 5) is 9.12. The van der Waals surface area contributed by atoms with Crippen LogP contribution in [0.25, 0.3) is 0 Å². The third-order valence-electron chi connectivity index (χ3n) is 1.81. The van der Waals surface area contributed by atoms with Gasteiger partial charge in [-0.15, -0.1) is 0 Å². The van der Waals surface area contributed by atoms with Gasteiger partial charge in [-0.3, -0.25) is 4.57 Å². The molecule has 1 N–H and O–H groups in total. The molecule has 4 heteroatoms. The fraction of sp³-hybridized carbons (Fsp3) is 0.333. The molecule has 1 aromatic carbocycles. The van der Waals surface area contributed by atoms with Gasteiger partial charge in [0.2, 0.25) is 0 Å². The van der Waals surface area contributed by atoms with Gasteiger partial charge in [0.15, 0.2) is 0 Å². The van der Waals surface area contributed by atoms with E-state index in [1.165, 1.54) is 7.11 Å². The summed E-state index contributed by atoms with van der Waals surface area (Å²) in [6.07, 6.45) is 0.746. The molecule has 0 spiro atoms. The van der Waals surface area contributed by atoms with E-state index in [0.29, 0.717) is 6.42 Å². The third kappa shape index (κ3) is 3.73. The fourth-order valence-corrected chi connectivity index (χ4v) is 1.73. The van der Waals surface area contributed by atoms with E-state index in [9.17, 15) is 4.57 Å². The minimum atomic E-state index is -3.34. The maximum absolute atomic E-state index is 11.1. The molecule has 0 saturated heterocycles. The van der Waals surface area contributed by atoms with Crippen molar-refractivity contribution >= 4 is 7.60 Å². The lowest BCUT2D eigenvalue weighted by molar-refractivity contribution is 0.316. The molecule has 3 nitrogen and oxygen atoms in total. The first kappa shape index (κ1) is 10.5. The third-order valence-corrected chi connectivity index (χ3v) is 3.17. The van der Waals surface area contributed by atoms with Gasteiger partial charge in [0, 0.05) is 7.11 Å². The van der Waals surface area contributed by atoms with E-state index in [4.69, 9.17) is 4.89 Å². The zero-order chi connectivity index (χ0) is 9.73. The highest BCUT2D eigenvalue weighted by atomic mass is 31.2. The lowest BCUT2D eigenvalue weighted by atomic mass is 10.2. The van der Waals surface area contributed by atoms with Crippen LogP contribution in [0.3, 0.4) is 0 Å². The van der Waals surface area contributed by atoms with Gasteiger partial charge in [0.05, 0.1) is 6.16 Å². The van der Waals surface area contributed by atoms with Gasteiger partial charge in [-0.05, 0) is 12.0 Å². The van der Waals surface area contributed by atoms with Gasteiger partial charge in [-0.2, -0.15) is 0 Å². The highest BCUT2D eigenvalue weighted by Crippen LogP contribution is 2.40. The Morgan fingerprint density at radius 2 is 2.00 bits per heavy atom. The average Bonchev–Trinajstić information content (AvgIpc) is 2.17. The summed E-state index contributed by atoms with van der Waals surface area (Å²) in [5, 5.41) is 0. The van der Waals surface area contributed by atoms with Crippen molar-refractivity contribution < 1.29 is 14.0 Å². The van der Waals surface area contributed by atoms with Crippen LogP contribution in [-0.2, 0) is 15.5 Å². The molecular weight excluding hydrogens is 187 g/mol. The standard InChI is InChI=1S/C9H13O3P/c1-12-13(10,11)8-7-9-5-3-2-4-6-9/h2-6H,7-8H2,1H3,(H,10,11). The Morgan fingerprint density at radius 1 is 1.38 bits per heavy atom. The summed E-state index contributed by atoms with van der Waals surface area (Å²) in [6.45, 7) is 0. The fourth-order valence-electron chi connectivity index (χ4n) is 1.01. The zero-order valence-corrected chi connectivity index (χ0v) is 8.41. The number of aryl methyl sites for hydroxylation is 1. The van der Waals surface area contributed by atoms with Crippen molar-refractivity contribution in [3.63, 3.8) is 0 Å². The summed E-state index contributed by atoms with van der Waals surface area (Å²) in [6, 6.07) is 9.58. The van der Waals surface area contributed by atoms with Crippen LogP contribution in [0.15, 0.2) is 30.3 Å². The van der Waals surface area contributed by atoms with Crippen LogP contribution < -0.4 is 0 Å². The van der Waals surface area contributed by atoms with Crippen molar-refractivity contribution in [2.75, 3.05) is 13.3 Å². The van der Waals surface area contributed by atoms with Gasteiger partial charge < -0.3 is 9.42 Å². The minimum absolute atomic E-state index is 0.174. The second-order valence-corrected chi connectivity index (χ2v) is 4.87. The Kier molecular flexibility index (Phi) is 3.67. The van der Waals surface area contributed by atoms with Crippen LogP contribution in [0, 0.1) is 0 Å². The Bertz CT molecular complexity index is 297. The van der Waals surface area contributed by atoms with Crippen LogP contribution in [-0.4, -0.2) is 18.2 Å². The van der Waals surface area contributed by atoms with Crippen molar-refractivity contribution in [3.05, 3.63) is 35.9 Å². The second-order valence-electron chi connectivity index (χ2n) is 2.78. The summed E-state index contributed by atoms with van der Waals surface area (Å²) in [5.74, 6) is 0.